The Morgan fingerprint density at radius 1 is 1.60 bits per heavy atom. The highest BCUT2D eigenvalue weighted by Crippen LogP contribution is 2.35. The molecule has 0 fully saturated rings. The van der Waals surface area contributed by atoms with Gasteiger partial charge in [-0.25, -0.2) is 4.98 Å². The first kappa shape index (κ1) is 13.8. The predicted molar refractivity (Wildman–Crippen MR) is 81.5 cm³/mol. The third-order valence-electron chi connectivity index (χ3n) is 4.32. The predicted octanol–water partition coefficient (Wildman–Crippen LogP) is 2.53. The van der Waals surface area contributed by atoms with Crippen molar-refractivity contribution in [2.45, 2.75) is 45.6 Å². The third kappa shape index (κ3) is 2.09. The molecule has 5 heteroatoms. The van der Waals surface area contributed by atoms with Crippen LogP contribution in [0.15, 0.2) is 11.1 Å². The maximum Gasteiger partial charge on any atom is 0.262 e. The molecule has 0 spiro atoms. The number of hydrogen-bond donors (Lipinski definition) is 1. The van der Waals surface area contributed by atoms with Crippen molar-refractivity contribution < 1.29 is 5.11 Å². The topological polar surface area (TPSA) is 55.1 Å². The monoisotopic (exact) mass is 292 g/mol. The van der Waals surface area contributed by atoms with Crippen molar-refractivity contribution in [3.8, 4) is 0 Å². The maximum atomic E-state index is 12.7. The van der Waals surface area contributed by atoms with Crippen LogP contribution in [0.2, 0.25) is 0 Å². The van der Waals surface area contributed by atoms with Crippen LogP contribution >= 0.6 is 11.3 Å². The molecule has 20 heavy (non-hydrogen) atoms. The fraction of sp³-hybridized carbons (Fsp3) is 0.600. The Morgan fingerprint density at radius 3 is 3.10 bits per heavy atom. The quantitative estimate of drug-likeness (QED) is 0.945. The molecular formula is C15H20N2O2S. The van der Waals surface area contributed by atoms with E-state index in [2.05, 4.69) is 11.9 Å². The van der Waals surface area contributed by atoms with E-state index in [9.17, 15) is 9.90 Å². The summed E-state index contributed by atoms with van der Waals surface area (Å²) in [6.07, 6.45) is 5.51. The Kier molecular flexibility index (Phi) is 3.65. The molecule has 108 valence electrons. The fourth-order valence-corrected chi connectivity index (χ4v) is 4.36. The van der Waals surface area contributed by atoms with Gasteiger partial charge in [0.05, 0.1) is 24.4 Å². The highest BCUT2D eigenvalue weighted by Gasteiger charge is 2.24. The Hall–Kier alpha value is -1.20. The van der Waals surface area contributed by atoms with Crippen molar-refractivity contribution >= 4 is 21.6 Å². The van der Waals surface area contributed by atoms with E-state index in [-0.39, 0.29) is 18.2 Å². The van der Waals surface area contributed by atoms with E-state index in [1.807, 2.05) is 6.92 Å². The number of fused-ring (bicyclic) bond motifs is 3. The van der Waals surface area contributed by atoms with Crippen LogP contribution in [0.25, 0.3) is 10.2 Å². The molecule has 2 aromatic heterocycles. The number of aryl methyl sites for hydroxylation is 1. The van der Waals surface area contributed by atoms with E-state index < -0.39 is 0 Å². The molecule has 2 heterocycles. The van der Waals surface area contributed by atoms with E-state index >= 15 is 0 Å². The second kappa shape index (κ2) is 5.30. The lowest BCUT2D eigenvalue weighted by molar-refractivity contribution is 0.221. The van der Waals surface area contributed by atoms with Gasteiger partial charge in [-0.15, -0.1) is 11.3 Å². The number of aliphatic hydroxyl groups is 1. The molecule has 2 atom stereocenters. The molecule has 0 saturated carbocycles. The van der Waals surface area contributed by atoms with Crippen LogP contribution in [-0.4, -0.2) is 21.3 Å². The first-order valence-corrected chi connectivity index (χ1v) is 8.09. The molecule has 0 radical (unpaired) electrons. The minimum atomic E-state index is -0.169. The van der Waals surface area contributed by atoms with Gasteiger partial charge in [0.25, 0.3) is 5.56 Å². The summed E-state index contributed by atoms with van der Waals surface area (Å²) >= 11 is 1.67. The van der Waals surface area contributed by atoms with Crippen LogP contribution in [0.1, 0.15) is 43.2 Å². The SMILES string of the molecule is CC[C@@H](CO)n1cnc2sc3c(c2c1=O)CC[C@@H](C)C3. The van der Waals surface area contributed by atoms with Gasteiger partial charge in [0.15, 0.2) is 0 Å². The van der Waals surface area contributed by atoms with Crippen molar-refractivity contribution in [3.05, 3.63) is 27.1 Å². The summed E-state index contributed by atoms with van der Waals surface area (Å²) in [5, 5.41) is 10.2. The fourth-order valence-electron chi connectivity index (χ4n) is 3.02. The molecule has 4 nitrogen and oxygen atoms in total. The molecule has 1 N–H and O–H groups in total. The zero-order valence-corrected chi connectivity index (χ0v) is 12.7. The number of rotatable bonds is 3. The first-order valence-electron chi connectivity index (χ1n) is 7.27. The lowest BCUT2D eigenvalue weighted by Gasteiger charge is -2.18. The molecule has 0 saturated heterocycles. The van der Waals surface area contributed by atoms with Crippen LogP contribution in [0.4, 0.5) is 0 Å². The van der Waals surface area contributed by atoms with E-state index in [1.54, 1.807) is 22.2 Å². The van der Waals surface area contributed by atoms with E-state index in [4.69, 9.17) is 0 Å². The summed E-state index contributed by atoms with van der Waals surface area (Å²) in [5.74, 6) is 0.693. The van der Waals surface area contributed by atoms with Gasteiger partial charge in [0.2, 0.25) is 0 Å². The van der Waals surface area contributed by atoms with Gasteiger partial charge < -0.3 is 5.11 Å². The van der Waals surface area contributed by atoms with Crippen LogP contribution in [0.5, 0.6) is 0 Å². The Morgan fingerprint density at radius 2 is 2.40 bits per heavy atom. The zero-order chi connectivity index (χ0) is 14.3. The van der Waals surface area contributed by atoms with Crippen LogP contribution in [0.3, 0.4) is 0 Å². The van der Waals surface area contributed by atoms with Crippen molar-refractivity contribution in [2.24, 2.45) is 5.92 Å². The molecule has 2 aromatic rings. The summed E-state index contributed by atoms with van der Waals surface area (Å²) < 4.78 is 1.60. The summed E-state index contributed by atoms with van der Waals surface area (Å²) in [6.45, 7) is 4.22. The Bertz CT molecular complexity index is 685. The normalized spacial score (nSPS) is 20.1. The molecule has 1 aliphatic rings. The summed E-state index contributed by atoms with van der Waals surface area (Å²) in [5.41, 5.74) is 1.23. The minimum absolute atomic E-state index is 0.0166. The molecule has 0 unspecified atom stereocenters. The van der Waals surface area contributed by atoms with Gasteiger partial charge >= 0.3 is 0 Å². The maximum absolute atomic E-state index is 12.7. The van der Waals surface area contributed by atoms with E-state index in [1.165, 1.54) is 10.4 Å². The Balaban J connectivity index is 2.20. The summed E-state index contributed by atoms with van der Waals surface area (Å²) in [6, 6.07) is -0.169. The minimum Gasteiger partial charge on any atom is -0.394 e. The van der Waals surface area contributed by atoms with Crippen LogP contribution < -0.4 is 5.56 Å². The third-order valence-corrected chi connectivity index (χ3v) is 5.48. The highest BCUT2D eigenvalue weighted by molar-refractivity contribution is 7.18. The average Bonchev–Trinajstić information content (AvgIpc) is 2.80. The lowest BCUT2D eigenvalue weighted by Crippen LogP contribution is -2.27. The molecule has 3 rings (SSSR count). The smallest absolute Gasteiger partial charge is 0.262 e. The van der Waals surface area contributed by atoms with Crippen LogP contribution in [-0.2, 0) is 12.8 Å². The van der Waals surface area contributed by atoms with Gasteiger partial charge in [-0.2, -0.15) is 0 Å². The summed E-state index contributed by atoms with van der Waals surface area (Å²) in [4.78, 5) is 19.4. The average molecular weight is 292 g/mol. The molecule has 0 amide bonds. The van der Waals surface area contributed by atoms with Gasteiger partial charge in [0.1, 0.15) is 4.83 Å². The Labute approximate surface area is 122 Å². The lowest BCUT2D eigenvalue weighted by atomic mass is 9.89. The van der Waals surface area contributed by atoms with Crippen molar-refractivity contribution in [1.82, 2.24) is 9.55 Å². The van der Waals surface area contributed by atoms with Crippen molar-refractivity contribution in [3.63, 3.8) is 0 Å². The number of aliphatic hydroxyl groups excluding tert-OH is 1. The van der Waals surface area contributed by atoms with Gasteiger partial charge in [-0.3, -0.25) is 9.36 Å². The standard InChI is InChI=1S/C15H20N2O2S/c1-3-10(7-18)17-8-16-14-13(15(17)19)11-5-4-9(2)6-12(11)20-14/h8-10,18H,3-7H2,1-2H3/t9-,10+/m1/s1. The number of nitrogens with zero attached hydrogens (tertiary/aromatic N) is 2. The van der Waals surface area contributed by atoms with E-state index in [0.717, 1.165) is 35.9 Å². The van der Waals surface area contributed by atoms with Crippen LogP contribution in [0, 0.1) is 5.92 Å². The molecule has 0 aliphatic heterocycles. The molecule has 0 aromatic carbocycles. The number of thiophene rings is 1. The van der Waals surface area contributed by atoms with Crippen molar-refractivity contribution in [2.75, 3.05) is 6.61 Å². The van der Waals surface area contributed by atoms with Gasteiger partial charge in [-0.1, -0.05) is 13.8 Å². The zero-order valence-electron chi connectivity index (χ0n) is 11.9. The number of aromatic nitrogens is 2. The second-order valence-electron chi connectivity index (χ2n) is 5.73. The van der Waals surface area contributed by atoms with E-state index in [0.29, 0.717) is 5.92 Å². The highest BCUT2D eigenvalue weighted by atomic mass is 32.1. The van der Waals surface area contributed by atoms with Gasteiger partial charge in [0, 0.05) is 4.88 Å². The molecule has 0 bridgehead atoms. The molecular weight excluding hydrogens is 272 g/mol. The molecule has 1 aliphatic carbocycles. The largest absolute Gasteiger partial charge is 0.394 e. The van der Waals surface area contributed by atoms with Crippen molar-refractivity contribution in [1.29, 1.82) is 0 Å². The first-order chi connectivity index (χ1) is 9.65. The van der Waals surface area contributed by atoms with Gasteiger partial charge in [-0.05, 0) is 37.2 Å². The summed E-state index contributed by atoms with van der Waals surface area (Å²) in [7, 11) is 0. The number of hydrogen-bond acceptors (Lipinski definition) is 4. The second-order valence-corrected chi connectivity index (χ2v) is 6.82.